The molecule has 1 aromatic rings. The first-order valence-electron chi connectivity index (χ1n) is 4.75. The number of hydrogen-bond donors (Lipinski definition) is 0. The maximum Gasteiger partial charge on any atom is 0.160 e. The molecule has 0 amide bonds. The molecule has 2 heteroatoms. The summed E-state index contributed by atoms with van der Waals surface area (Å²) in [6.45, 7) is 8.64. The first kappa shape index (κ1) is 11.4. The first-order valence-corrected chi connectivity index (χ1v) is 4.75. The summed E-state index contributed by atoms with van der Waals surface area (Å²) in [4.78, 5) is 22.5. The Labute approximate surface area is 89.6 Å². The molecular formula is C13H14O2. The lowest BCUT2D eigenvalue weighted by atomic mass is 9.96. The zero-order chi connectivity index (χ0) is 11.6. The van der Waals surface area contributed by atoms with E-state index in [9.17, 15) is 9.59 Å². The van der Waals surface area contributed by atoms with E-state index in [1.807, 2.05) is 6.92 Å². The summed E-state index contributed by atoms with van der Waals surface area (Å²) < 4.78 is 0. The maximum atomic E-state index is 11.3. The van der Waals surface area contributed by atoms with Crippen LogP contribution in [0.1, 0.15) is 47.1 Å². The van der Waals surface area contributed by atoms with Gasteiger partial charge in [0.2, 0.25) is 0 Å². The fourth-order valence-corrected chi connectivity index (χ4v) is 1.42. The Balaban J connectivity index is 3.40. The van der Waals surface area contributed by atoms with Crippen LogP contribution in [0.4, 0.5) is 0 Å². The van der Waals surface area contributed by atoms with Gasteiger partial charge in [-0.15, -0.1) is 0 Å². The highest BCUT2D eigenvalue weighted by Gasteiger charge is 2.10. The Morgan fingerprint density at radius 3 is 2.00 bits per heavy atom. The van der Waals surface area contributed by atoms with Crippen LogP contribution >= 0.6 is 0 Å². The van der Waals surface area contributed by atoms with E-state index < -0.39 is 0 Å². The molecule has 0 radical (unpaired) electrons. The van der Waals surface area contributed by atoms with Crippen molar-refractivity contribution in [3.8, 4) is 0 Å². The second-order valence-electron chi connectivity index (χ2n) is 3.65. The van der Waals surface area contributed by atoms with E-state index in [1.54, 1.807) is 18.2 Å². The summed E-state index contributed by atoms with van der Waals surface area (Å²) in [7, 11) is 0. The number of rotatable bonds is 3. The van der Waals surface area contributed by atoms with Gasteiger partial charge in [0.05, 0.1) is 0 Å². The predicted octanol–water partition coefficient (Wildman–Crippen LogP) is 3.12. The normalized spacial score (nSPS) is 9.80. The standard InChI is InChI=1S/C13H14O2/c1-8(2)13-7-11(9(3)14)5-6-12(13)10(4)15/h5-7H,1H2,2-4H3. The third-order valence-corrected chi connectivity index (χ3v) is 2.27. The molecule has 0 aliphatic heterocycles. The van der Waals surface area contributed by atoms with Crippen molar-refractivity contribution < 1.29 is 9.59 Å². The molecule has 0 heterocycles. The number of Topliss-reactive ketones (excluding diaryl/α,β-unsaturated/α-hetero) is 2. The van der Waals surface area contributed by atoms with Crippen LogP contribution < -0.4 is 0 Å². The molecule has 15 heavy (non-hydrogen) atoms. The Morgan fingerprint density at radius 1 is 1.00 bits per heavy atom. The minimum atomic E-state index is -0.0110. The molecule has 0 atom stereocenters. The molecule has 78 valence electrons. The van der Waals surface area contributed by atoms with E-state index in [0.717, 1.165) is 11.1 Å². The molecule has 2 nitrogen and oxygen atoms in total. The van der Waals surface area contributed by atoms with Crippen LogP contribution in [0.15, 0.2) is 24.8 Å². The van der Waals surface area contributed by atoms with Gasteiger partial charge in [0.1, 0.15) is 0 Å². The van der Waals surface area contributed by atoms with Crippen molar-refractivity contribution in [2.75, 3.05) is 0 Å². The summed E-state index contributed by atoms with van der Waals surface area (Å²) in [5.74, 6) is -0.0179. The zero-order valence-corrected chi connectivity index (χ0v) is 9.26. The summed E-state index contributed by atoms with van der Waals surface area (Å²) in [5.41, 5.74) is 2.78. The van der Waals surface area contributed by atoms with Gasteiger partial charge in [-0.3, -0.25) is 9.59 Å². The average Bonchev–Trinajstić information content (AvgIpc) is 2.16. The quantitative estimate of drug-likeness (QED) is 0.706. The van der Waals surface area contributed by atoms with Crippen molar-refractivity contribution in [3.63, 3.8) is 0 Å². The molecule has 0 fully saturated rings. The Morgan fingerprint density at radius 2 is 1.60 bits per heavy atom. The molecule has 0 unspecified atom stereocenters. The summed E-state index contributed by atoms with van der Waals surface area (Å²) in [6, 6.07) is 5.08. The molecule has 0 aliphatic carbocycles. The van der Waals surface area contributed by atoms with Crippen molar-refractivity contribution in [1.29, 1.82) is 0 Å². The van der Waals surface area contributed by atoms with Gasteiger partial charge in [-0.25, -0.2) is 0 Å². The van der Waals surface area contributed by atoms with Gasteiger partial charge < -0.3 is 0 Å². The van der Waals surface area contributed by atoms with Gasteiger partial charge >= 0.3 is 0 Å². The third-order valence-electron chi connectivity index (χ3n) is 2.27. The highest BCUT2D eigenvalue weighted by Crippen LogP contribution is 2.20. The molecule has 0 aromatic heterocycles. The van der Waals surface area contributed by atoms with Gasteiger partial charge in [0.15, 0.2) is 11.6 Å². The Kier molecular flexibility index (Phi) is 3.20. The van der Waals surface area contributed by atoms with Crippen molar-refractivity contribution in [2.45, 2.75) is 20.8 Å². The van der Waals surface area contributed by atoms with E-state index in [1.165, 1.54) is 13.8 Å². The average molecular weight is 202 g/mol. The van der Waals surface area contributed by atoms with Crippen molar-refractivity contribution in [2.24, 2.45) is 0 Å². The van der Waals surface area contributed by atoms with Gasteiger partial charge in [-0.2, -0.15) is 0 Å². The SMILES string of the molecule is C=C(C)c1cc(C(C)=O)ccc1C(C)=O. The van der Waals surface area contributed by atoms with Crippen LogP contribution in [0.2, 0.25) is 0 Å². The lowest BCUT2D eigenvalue weighted by Gasteiger charge is -2.07. The highest BCUT2D eigenvalue weighted by molar-refractivity contribution is 6.01. The van der Waals surface area contributed by atoms with Crippen molar-refractivity contribution in [3.05, 3.63) is 41.5 Å². The second-order valence-corrected chi connectivity index (χ2v) is 3.65. The minimum absolute atomic E-state index is 0.00685. The molecule has 1 aromatic carbocycles. The fraction of sp³-hybridized carbons (Fsp3) is 0.231. The number of hydrogen-bond acceptors (Lipinski definition) is 2. The molecular weight excluding hydrogens is 188 g/mol. The molecule has 0 N–H and O–H groups in total. The lowest BCUT2D eigenvalue weighted by Crippen LogP contribution is -2.01. The molecule has 0 saturated carbocycles. The summed E-state index contributed by atoms with van der Waals surface area (Å²) >= 11 is 0. The summed E-state index contributed by atoms with van der Waals surface area (Å²) in [6.07, 6.45) is 0. The van der Waals surface area contributed by atoms with Crippen molar-refractivity contribution in [1.82, 2.24) is 0 Å². The van der Waals surface area contributed by atoms with Gasteiger partial charge in [0.25, 0.3) is 0 Å². The molecule has 0 spiro atoms. The van der Waals surface area contributed by atoms with E-state index in [-0.39, 0.29) is 11.6 Å². The second kappa shape index (κ2) is 4.22. The van der Waals surface area contributed by atoms with E-state index >= 15 is 0 Å². The number of carbonyl (C=O) groups is 2. The molecule has 0 aliphatic rings. The lowest BCUT2D eigenvalue weighted by molar-refractivity contribution is 0.100. The van der Waals surface area contributed by atoms with E-state index in [0.29, 0.717) is 11.1 Å². The van der Waals surface area contributed by atoms with Crippen LogP contribution in [0, 0.1) is 0 Å². The van der Waals surface area contributed by atoms with Gasteiger partial charge in [-0.05, 0) is 32.4 Å². The van der Waals surface area contributed by atoms with E-state index in [4.69, 9.17) is 0 Å². The maximum absolute atomic E-state index is 11.3. The van der Waals surface area contributed by atoms with Crippen LogP contribution in [0.3, 0.4) is 0 Å². The third kappa shape index (κ3) is 2.40. The molecule has 1 rings (SSSR count). The van der Waals surface area contributed by atoms with Gasteiger partial charge in [-0.1, -0.05) is 24.3 Å². The monoisotopic (exact) mass is 202 g/mol. The molecule has 0 bridgehead atoms. The first-order chi connectivity index (χ1) is 6.93. The Bertz CT molecular complexity index is 442. The topological polar surface area (TPSA) is 34.1 Å². The number of benzene rings is 1. The fourth-order valence-electron chi connectivity index (χ4n) is 1.42. The highest BCUT2D eigenvalue weighted by atomic mass is 16.1. The Hall–Kier alpha value is -1.70. The van der Waals surface area contributed by atoms with Crippen LogP contribution in [0.25, 0.3) is 5.57 Å². The molecule has 0 saturated heterocycles. The van der Waals surface area contributed by atoms with Crippen molar-refractivity contribution >= 4 is 17.1 Å². The van der Waals surface area contributed by atoms with E-state index in [2.05, 4.69) is 6.58 Å². The largest absolute Gasteiger partial charge is 0.295 e. The predicted molar refractivity (Wildman–Crippen MR) is 61.2 cm³/mol. The van der Waals surface area contributed by atoms with Crippen LogP contribution in [-0.2, 0) is 0 Å². The summed E-state index contributed by atoms with van der Waals surface area (Å²) in [5, 5.41) is 0. The number of ketones is 2. The number of carbonyl (C=O) groups excluding carboxylic acids is 2. The van der Waals surface area contributed by atoms with Gasteiger partial charge in [0, 0.05) is 11.1 Å². The smallest absolute Gasteiger partial charge is 0.160 e. The number of allylic oxidation sites excluding steroid dienone is 1. The minimum Gasteiger partial charge on any atom is -0.295 e. The zero-order valence-electron chi connectivity index (χ0n) is 9.26. The van der Waals surface area contributed by atoms with Crippen LogP contribution in [0.5, 0.6) is 0 Å². The van der Waals surface area contributed by atoms with Crippen LogP contribution in [-0.4, -0.2) is 11.6 Å².